The van der Waals surface area contributed by atoms with E-state index in [1.807, 2.05) is 28.8 Å². The van der Waals surface area contributed by atoms with Crippen LogP contribution in [0.2, 0.25) is 0 Å². The zero-order valence-electron chi connectivity index (χ0n) is 13.7. The van der Waals surface area contributed by atoms with Crippen LogP contribution in [0.3, 0.4) is 0 Å². The number of hydrogen-bond acceptors (Lipinski definition) is 5. The van der Waals surface area contributed by atoms with Crippen molar-refractivity contribution in [2.24, 2.45) is 0 Å². The second kappa shape index (κ2) is 7.98. The molecule has 0 spiro atoms. The topological polar surface area (TPSA) is 80.1 Å². The number of nitrogens with one attached hydrogen (secondary N) is 1. The molecular weight excluding hydrogens is 338 g/mol. The number of anilines is 2. The molecule has 1 saturated heterocycles. The van der Waals surface area contributed by atoms with Gasteiger partial charge in [0, 0.05) is 30.9 Å². The molecule has 2 heterocycles. The Hall–Kier alpha value is -2.61. The van der Waals surface area contributed by atoms with Gasteiger partial charge >= 0.3 is 0 Å². The van der Waals surface area contributed by atoms with E-state index in [1.165, 1.54) is 11.8 Å². The summed E-state index contributed by atoms with van der Waals surface area (Å²) in [5.74, 6) is 0.214. The van der Waals surface area contributed by atoms with Gasteiger partial charge in [0.05, 0.1) is 5.75 Å². The molecule has 7 nitrogen and oxygen atoms in total. The van der Waals surface area contributed by atoms with Crippen molar-refractivity contribution in [3.05, 3.63) is 43.2 Å². The van der Waals surface area contributed by atoms with E-state index in [9.17, 15) is 9.59 Å². The molecule has 25 heavy (non-hydrogen) atoms. The van der Waals surface area contributed by atoms with Crippen LogP contribution in [0.5, 0.6) is 0 Å². The van der Waals surface area contributed by atoms with Gasteiger partial charge in [-0.25, -0.2) is 0 Å². The fourth-order valence-corrected chi connectivity index (χ4v) is 3.35. The van der Waals surface area contributed by atoms with Crippen molar-refractivity contribution in [3.63, 3.8) is 0 Å². The first-order valence-corrected chi connectivity index (χ1v) is 8.97. The molecule has 2 amide bonds. The summed E-state index contributed by atoms with van der Waals surface area (Å²) in [5, 5.41) is 11.4. The van der Waals surface area contributed by atoms with Gasteiger partial charge in [0.15, 0.2) is 5.16 Å². The Morgan fingerprint density at radius 3 is 3.08 bits per heavy atom. The number of nitrogens with zero attached hydrogens (tertiary/aromatic N) is 4. The average Bonchev–Trinajstić information content (AvgIpc) is 3.22. The van der Waals surface area contributed by atoms with Crippen LogP contribution in [0.25, 0.3) is 0 Å². The van der Waals surface area contributed by atoms with E-state index in [2.05, 4.69) is 22.1 Å². The van der Waals surface area contributed by atoms with E-state index in [-0.39, 0.29) is 17.6 Å². The van der Waals surface area contributed by atoms with Crippen molar-refractivity contribution < 1.29 is 9.59 Å². The predicted octanol–water partition coefficient (Wildman–Crippen LogP) is 2.32. The fraction of sp³-hybridized carbons (Fsp3) is 0.294. The van der Waals surface area contributed by atoms with Crippen molar-refractivity contribution in [3.8, 4) is 0 Å². The third-order valence-electron chi connectivity index (χ3n) is 3.75. The Labute approximate surface area is 150 Å². The number of carbonyl (C=O) groups excluding carboxylic acids is 2. The first-order chi connectivity index (χ1) is 12.2. The number of amides is 2. The Morgan fingerprint density at radius 2 is 2.32 bits per heavy atom. The summed E-state index contributed by atoms with van der Waals surface area (Å²) in [7, 11) is 0. The first kappa shape index (κ1) is 17.2. The molecule has 0 bridgehead atoms. The summed E-state index contributed by atoms with van der Waals surface area (Å²) < 4.78 is 1.82. The minimum Gasteiger partial charge on any atom is -0.325 e. The summed E-state index contributed by atoms with van der Waals surface area (Å²) in [5.41, 5.74) is 1.49. The zero-order valence-corrected chi connectivity index (χ0v) is 14.5. The SMILES string of the molecule is C=CCn1cnnc1SCC(=O)Nc1cccc(N2CCCC2=O)c1. The molecule has 1 aromatic carbocycles. The van der Waals surface area contributed by atoms with Gasteiger partial charge in [-0.15, -0.1) is 16.8 Å². The van der Waals surface area contributed by atoms with E-state index in [1.54, 1.807) is 17.3 Å². The molecule has 0 saturated carbocycles. The molecule has 0 atom stereocenters. The van der Waals surface area contributed by atoms with Crippen LogP contribution < -0.4 is 10.2 Å². The van der Waals surface area contributed by atoms with E-state index in [4.69, 9.17) is 0 Å². The molecule has 2 aromatic rings. The standard InChI is InChI=1S/C17H19N5O2S/c1-2-8-21-12-18-20-17(21)25-11-15(23)19-13-5-3-6-14(10-13)22-9-4-7-16(22)24/h2-3,5-6,10,12H,1,4,7-9,11H2,(H,19,23). The quantitative estimate of drug-likeness (QED) is 0.608. The summed E-state index contributed by atoms with van der Waals surface area (Å²) >= 11 is 1.32. The van der Waals surface area contributed by atoms with Crippen LogP contribution in [-0.4, -0.2) is 38.9 Å². The van der Waals surface area contributed by atoms with Crippen LogP contribution >= 0.6 is 11.8 Å². The lowest BCUT2D eigenvalue weighted by Gasteiger charge is -2.16. The molecular formula is C17H19N5O2S. The lowest BCUT2D eigenvalue weighted by molar-refractivity contribution is -0.117. The maximum absolute atomic E-state index is 12.2. The summed E-state index contributed by atoms with van der Waals surface area (Å²) in [6.45, 7) is 5.01. The Balaban J connectivity index is 1.58. The number of thioether (sulfide) groups is 1. The van der Waals surface area contributed by atoms with Gasteiger partial charge in [-0.2, -0.15) is 0 Å². The van der Waals surface area contributed by atoms with Crippen molar-refractivity contribution in [1.29, 1.82) is 0 Å². The molecule has 1 aliphatic rings. The number of benzene rings is 1. The van der Waals surface area contributed by atoms with Crippen LogP contribution in [0, 0.1) is 0 Å². The van der Waals surface area contributed by atoms with E-state index in [0.717, 1.165) is 18.7 Å². The predicted molar refractivity (Wildman–Crippen MR) is 97.6 cm³/mol. The first-order valence-electron chi connectivity index (χ1n) is 7.99. The Morgan fingerprint density at radius 1 is 1.44 bits per heavy atom. The zero-order chi connectivity index (χ0) is 17.6. The highest BCUT2D eigenvalue weighted by atomic mass is 32.2. The van der Waals surface area contributed by atoms with Crippen LogP contribution in [0.15, 0.2) is 48.4 Å². The van der Waals surface area contributed by atoms with Crippen LogP contribution in [0.4, 0.5) is 11.4 Å². The van der Waals surface area contributed by atoms with Gasteiger partial charge < -0.3 is 14.8 Å². The largest absolute Gasteiger partial charge is 0.325 e. The number of allylic oxidation sites excluding steroid dienone is 1. The molecule has 1 N–H and O–H groups in total. The Kier molecular flexibility index (Phi) is 5.49. The van der Waals surface area contributed by atoms with E-state index < -0.39 is 0 Å². The second-order valence-electron chi connectivity index (χ2n) is 5.59. The summed E-state index contributed by atoms with van der Waals surface area (Å²) in [6.07, 6.45) is 4.81. The lowest BCUT2D eigenvalue weighted by atomic mass is 10.2. The maximum Gasteiger partial charge on any atom is 0.234 e. The Bertz CT molecular complexity index is 789. The number of aromatic nitrogens is 3. The molecule has 0 unspecified atom stereocenters. The normalized spacial score (nSPS) is 13.9. The van der Waals surface area contributed by atoms with E-state index in [0.29, 0.717) is 23.8 Å². The molecule has 3 rings (SSSR count). The van der Waals surface area contributed by atoms with Crippen molar-refractivity contribution >= 4 is 35.0 Å². The smallest absolute Gasteiger partial charge is 0.234 e. The number of hydrogen-bond donors (Lipinski definition) is 1. The van der Waals surface area contributed by atoms with Crippen molar-refractivity contribution in [2.75, 3.05) is 22.5 Å². The monoisotopic (exact) mass is 357 g/mol. The summed E-state index contributed by atoms with van der Waals surface area (Å²) in [4.78, 5) is 25.8. The van der Waals surface area contributed by atoms with Gasteiger partial charge in [0.1, 0.15) is 6.33 Å². The highest BCUT2D eigenvalue weighted by Crippen LogP contribution is 2.24. The highest BCUT2D eigenvalue weighted by molar-refractivity contribution is 7.99. The van der Waals surface area contributed by atoms with Gasteiger partial charge in [-0.3, -0.25) is 9.59 Å². The molecule has 1 aromatic heterocycles. The van der Waals surface area contributed by atoms with E-state index >= 15 is 0 Å². The average molecular weight is 357 g/mol. The molecule has 8 heteroatoms. The minimum atomic E-state index is -0.136. The minimum absolute atomic E-state index is 0.126. The van der Waals surface area contributed by atoms with Gasteiger partial charge in [-0.05, 0) is 24.6 Å². The number of rotatable bonds is 7. The van der Waals surface area contributed by atoms with Crippen molar-refractivity contribution in [2.45, 2.75) is 24.5 Å². The molecule has 1 aliphatic heterocycles. The third kappa shape index (κ3) is 4.27. The number of carbonyl (C=O) groups is 2. The third-order valence-corrected chi connectivity index (χ3v) is 4.73. The van der Waals surface area contributed by atoms with Gasteiger partial charge in [0.25, 0.3) is 0 Å². The maximum atomic E-state index is 12.2. The van der Waals surface area contributed by atoms with Crippen molar-refractivity contribution in [1.82, 2.24) is 14.8 Å². The second-order valence-corrected chi connectivity index (χ2v) is 6.53. The summed E-state index contributed by atoms with van der Waals surface area (Å²) in [6, 6.07) is 7.36. The fourth-order valence-electron chi connectivity index (χ4n) is 2.62. The molecule has 1 fully saturated rings. The van der Waals surface area contributed by atoms with Gasteiger partial charge in [0.2, 0.25) is 11.8 Å². The molecule has 0 aliphatic carbocycles. The molecule has 0 radical (unpaired) electrons. The van der Waals surface area contributed by atoms with Crippen LogP contribution in [-0.2, 0) is 16.1 Å². The van der Waals surface area contributed by atoms with Crippen LogP contribution in [0.1, 0.15) is 12.8 Å². The lowest BCUT2D eigenvalue weighted by Crippen LogP contribution is -2.23. The highest BCUT2D eigenvalue weighted by Gasteiger charge is 2.21. The van der Waals surface area contributed by atoms with Gasteiger partial charge in [-0.1, -0.05) is 23.9 Å². The molecule has 130 valence electrons.